The Balaban J connectivity index is 1.86. The average molecular weight is 501 g/mol. The van der Waals surface area contributed by atoms with Gasteiger partial charge in [-0.1, -0.05) is 6.07 Å². The van der Waals surface area contributed by atoms with Crippen LogP contribution in [0.25, 0.3) is 0 Å². The molecule has 0 amide bonds. The van der Waals surface area contributed by atoms with Gasteiger partial charge in [0.15, 0.2) is 14.9 Å². The first-order valence-electron chi connectivity index (χ1n) is 9.45. The van der Waals surface area contributed by atoms with Crippen molar-refractivity contribution in [1.29, 1.82) is 0 Å². The second-order valence-electron chi connectivity index (χ2n) is 7.84. The summed E-state index contributed by atoms with van der Waals surface area (Å²) in [5.41, 5.74) is -0.783. The van der Waals surface area contributed by atoms with Crippen molar-refractivity contribution in [2.45, 2.75) is 48.1 Å². The number of sulfone groups is 2. The zero-order valence-corrected chi connectivity index (χ0v) is 18.4. The summed E-state index contributed by atoms with van der Waals surface area (Å²) < 4.78 is 119. The topological polar surface area (TPSA) is 89.9 Å². The first kappa shape index (κ1) is 24.8. The van der Waals surface area contributed by atoms with Gasteiger partial charge >= 0.3 is 6.18 Å². The van der Waals surface area contributed by atoms with Crippen LogP contribution in [-0.4, -0.2) is 58.1 Å². The fraction of sp³-hybridized carbons (Fsp3) is 0.526. The molecule has 1 aromatic carbocycles. The molecule has 0 aliphatic carbocycles. The van der Waals surface area contributed by atoms with E-state index in [4.69, 9.17) is 4.74 Å². The number of rotatable bonds is 5. The first-order valence-corrected chi connectivity index (χ1v) is 12.6. The van der Waals surface area contributed by atoms with Crippen molar-refractivity contribution in [3.05, 3.63) is 41.5 Å². The molecule has 178 valence electrons. The van der Waals surface area contributed by atoms with Crippen molar-refractivity contribution in [1.82, 2.24) is 0 Å². The molecule has 2 heterocycles. The number of hydrogen-bond donors (Lipinski definition) is 0. The molecule has 0 saturated carbocycles. The van der Waals surface area contributed by atoms with Gasteiger partial charge in [-0.3, -0.25) is 4.99 Å². The minimum Gasteiger partial charge on any atom is -0.374 e. The van der Waals surface area contributed by atoms with Crippen molar-refractivity contribution in [3.8, 4) is 0 Å². The second kappa shape index (κ2) is 8.49. The monoisotopic (exact) mass is 501 g/mol. The van der Waals surface area contributed by atoms with Crippen molar-refractivity contribution in [3.63, 3.8) is 0 Å². The lowest BCUT2D eigenvalue weighted by molar-refractivity contribution is -0.137. The Labute approximate surface area is 182 Å². The number of alkyl halides is 5. The Bertz CT molecular complexity index is 1160. The van der Waals surface area contributed by atoms with Crippen LogP contribution in [0.2, 0.25) is 0 Å². The van der Waals surface area contributed by atoms with Gasteiger partial charge in [0.05, 0.1) is 27.9 Å². The standard InChI is InChI=1S/C19H20F5NO5S2/c1-18(32(28,29)14-4-2-3-13(8-14)19(22,23)24)5-6-30-15(9-18)12-7-17(25-10-12)31(26,27)11-16(20)21/h2-4,7-8,15-16H,5-6,9-11H2,1H3. The Morgan fingerprint density at radius 2 is 1.91 bits per heavy atom. The molecule has 13 heteroatoms. The summed E-state index contributed by atoms with van der Waals surface area (Å²) in [6.07, 6.45) is -7.71. The van der Waals surface area contributed by atoms with Crippen LogP contribution in [0.4, 0.5) is 22.0 Å². The van der Waals surface area contributed by atoms with E-state index in [2.05, 4.69) is 4.99 Å². The summed E-state index contributed by atoms with van der Waals surface area (Å²) in [5.74, 6) is -1.39. The molecule has 2 atom stereocenters. The highest BCUT2D eigenvalue weighted by Gasteiger charge is 2.46. The third-order valence-electron chi connectivity index (χ3n) is 5.49. The molecule has 3 rings (SSSR count). The zero-order chi connectivity index (χ0) is 23.9. The van der Waals surface area contributed by atoms with E-state index in [1.54, 1.807) is 0 Å². The Hall–Kier alpha value is -1.86. The molecule has 0 N–H and O–H groups in total. The largest absolute Gasteiger partial charge is 0.416 e. The van der Waals surface area contributed by atoms with E-state index in [1.807, 2.05) is 0 Å². The molecule has 2 aliphatic heterocycles. The van der Waals surface area contributed by atoms with Gasteiger partial charge in [-0.25, -0.2) is 25.6 Å². The van der Waals surface area contributed by atoms with E-state index in [1.165, 1.54) is 6.92 Å². The van der Waals surface area contributed by atoms with Crippen LogP contribution in [0.15, 0.2) is 45.8 Å². The lowest BCUT2D eigenvalue weighted by Crippen LogP contribution is -2.45. The van der Waals surface area contributed by atoms with E-state index in [0.29, 0.717) is 11.6 Å². The maximum absolute atomic E-state index is 13.2. The predicted molar refractivity (Wildman–Crippen MR) is 106 cm³/mol. The number of benzene rings is 1. The summed E-state index contributed by atoms with van der Waals surface area (Å²) in [7, 11) is -8.53. The number of nitrogens with zero attached hydrogens (tertiary/aromatic N) is 1. The van der Waals surface area contributed by atoms with Crippen LogP contribution in [0, 0.1) is 0 Å². The highest BCUT2D eigenvalue weighted by molar-refractivity contribution is 8.06. The van der Waals surface area contributed by atoms with Crippen molar-refractivity contribution >= 4 is 24.7 Å². The number of halogens is 5. The fourth-order valence-corrected chi connectivity index (χ4v) is 6.56. The van der Waals surface area contributed by atoms with E-state index >= 15 is 0 Å². The Morgan fingerprint density at radius 3 is 2.53 bits per heavy atom. The van der Waals surface area contributed by atoms with Crippen LogP contribution in [0.3, 0.4) is 0 Å². The minimum atomic E-state index is -4.71. The minimum absolute atomic E-state index is 0.00670. The van der Waals surface area contributed by atoms with Gasteiger partial charge in [0, 0.05) is 6.61 Å². The van der Waals surface area contributed by atoms with Gasteiger partial charge < -0.3 is 4.74 Å². The molecule has 1 aromatic rings. The Kier molecular flexibility index (Phi) is 6.57. The molecule has 6 nitrogen and oxygen atoms in total. The van der Waals surface area contributed by atoms with Crippen LogP contribution in [-0.2, 0) is 30.6 Å². The normalized spacial score (nSPS) is 25.0. The molecule has 0 aromatic heterocycles. The number of ether oxygens (including phenoxy) is 1. The lowest BCUT2D eigenvalue weighted by atomic mass is 9.92. The van der Waals surface area contributed by atoms with Gasteiger partial charge in [0.1, 0.15) is 5.75 Å². The highest BCUT2D eigenvalue weighted by atomic mass is 32.2. The molecule has 0 radical (unpaired) electrons. The molecule has 2 unspecified atom stereocenters. The quantitative estimate of drug-likeness (QED) is 0.577. The van der Waals surface area contributed by atoms with Gasteiger partial charge in [-0.05, 0) is 49.6 Å². The first-order chi connectivity index (χ1) is 14.7. The SMILES string of the molecule is CC1(S(=O)(=O)c2cccc(C(F)(F)F)c2)CCOC(C2=CC(S(=O)(=O)CC(F)F)=NC2)C1. The molecular weight excluding hydrogens is 481 g/mol. The molecule has 32 heavy (non-hydrogen) atoms. The van der Waals surface area contributed by atoms with E-state index in [9.17, 15) is 38.8 Å². The maximum Gasteiger partial charge on any atom is 0.416 e. The third-order valence-corrected chi connectivity index (χ3v) is 9.61. The summed E-state index contributed by atoms with van der Waals surface area (Å²) in [5, 5.41) is -0.524. The molecule has 0 spiro atoms. The average Bonchev–Trinajstić information content (AvgIpc) is 3.18. The lowest BCUT2D eigenvalue weighted by Gasteiger charge is -2.38. The van der Waals surface area contributed by atoms with Crippen LogP contribution < -0.4 is 0 Å². The van der Waals surface area contributed by atoms with E-state index in [-0.39, 0.29) is 26.0 Å². The molecule has 1 saturated heterocycles. The summed E-state index contributed by atoms with van der Waals surface area (Å²) in [6, 6.07) is 3.46. The van der Waals surface area contributed by atoms with Gasteiger partial charge in [0.2, 0.25) is 9.84 Å². The highest BCUT2D eigenvalue weighted by Crippen LogP contribution is 2.40. The zero-order valence-electron chi connectivity index (χ0n) is 16.8. The molecular formula is C19H20F5NO5S2. The fourth-order valence-electron chi connectivity index (χ4n) is 3.63. The number of aliphatic imine (C=N–C) groups is 1. The summed E-state index contributed by atoms with van der Waals surface area (Å²) >= 11 is 0. The summed E-state index contributed by atoms with van der Waals surface area (Å²) in [6.45, 7) is 1.18. The smallest absolute Gasteiger partial charge is 0.374 e. The van der Waals surface area contributed by atoms with E-state index in [0.717, 1.165) is 24.3 Å². The maximum atomic E-state index is 13.2. The van der Waals surface area contributed by atoms with Crippen LogP contribution in [0.5, 0.6) is 0 Å². The van der Waals surface area contributed by atoms with Crippen molar-refractivity contribution in [2.75, 3.05) is 18.9 Å². The van der Waals surface area contributed by atoms with E-state index < -0.39 is 64.4 Å². The second-order valence-corrected chi connectivity index (χ2v) is 12.3. The van der Waals surface area contributed by atoms with Crippen molar-refractivity contribution in [2.24, 2.45) is 4.99 Å². The summed E-state index contributed by atoms with van der Waals surface area (Å²) in [4.78, 5) is 3.29. The molecule has 0 bridgehead atoms. The molecule has 1 fully saturated rings. The number of hydrogen-bond acceptors (Lipinski definition) is 6. The predicted octanol–water partition coefficient (Wildman–Crippen LogP) is 3.44. The molecule has 2 aliphatic rings. The van der Waals surface area contributed by atoms with Crippen molar-refractivity contribution < 1.29 is 43.5 Å². The van der Waals surface area contributed by atoms with Gasteiger partial charge in [-0.2, -0.15) is 13.2 Å². The van der Waals surface area contributed by atoms with Gasteiger partial charge in [0.25, 0.3) is 6.43 Å². The third kappa shape index (κ3) is 4.88. The van der Waals surface area contributed by atoms with Crippen LogP contribution in [0.1, 0.15) is 25.3 Å². The Morgan fingerprint density at radius 1 is 1.22 bits per heavy atom. The van der Waals surface area contributed by atoms with Crippen LogP contribution >= 0.6 is 0 Å². The van der Waals surface area contributed by atoms with Gasteiger partial charge in [-0.15, -0.1) is 0 Å².